The summed E-state index contributed by atoms with van der Waals surface area (Å²) in [6.07, 6.45) is 1.01. The summed E-state index contributed by atoms with van der Waals surface area (Å²) >= 11 is 0. The van der Waals surface area contributed by atoms with Gasteiger partial charge in [-0.25, -0.2) is 9.37 Å². The Balaban J connectivity index is 2.72. The molecule has 1 aromatic rings. The zero-order chi connectivity index (χ0) is 9.68. The molecular formula is C9H6FNO2. The van der Waals surface area contributed by atoms with Gasteiger partial charge >= 0.3 is 5.97 Å². The summed E-state index contributed by atoms with van der Waals surface area (Å²) in [5.41, 5.74) is 0.237. The zero-order valence-electron chi connectivity index (χ0n) is 6.62. The molecule has 1 rings (SSSR count). The summed E-state index contributed by atoms with van der Waals surface area (Å²) in [6, 6.07) is 2.34. The van der Waals surface area contributed by atoms with E-state index in [4.69, 9.17) is 5.11 Å². The second kappa shape index (κ2) is 4.21. The van der Waals surface area contributed by atoms with Gasteiger partial charge in [-0.3, -0.25) is 4.79 Å². The number of halogens is 1. The first kappa shape index (κ1) is 9.20. The largest absolute Gasteiger partial charge is 0.481 e. The summed E-state index contributed by atoms with van der Waals surface area (Å²) in [4.78, 5) is 13.8. The van der Waals surface area contributed by atoms with E-state index < -0.39 is 11.8 Å². The second-order valence-corrected chi connectivity index (χ2v) is 2.23. The molecule has 0 spiro atoms. The molecule has 0 saturated heterocycles. The highest BCUT2D eigenvalue weighted by Gasteiger charge is 1.92. The van der Waals surface area contributed by atoms with Crippen LogP contribution in [0.4, 0.5) is 4.39 Å². The molecule has 0 aliphatic heterocycles. The van der Waals surface area contributed by atoms with Crippen LogP contribution in [0.1, 0.15) is 12.1 Å². The first-order valence-electron chi connectivity index (χ1n) is 3.50. The summed E-state index contributed by atoms with van der Waals surface area (Å²) < 4.78 is 12.5. The van der Waals surface area contributed by atoms with Crippen LogP contribution in [0.15, 0.2) is 18.3 Å². The lowest BCUT2D eigenvalue weighted by Crippen LogP contribution is -1.90. The van der Waals surface area contributed by atoms with Crippen LogP contribution in [0.5, 0.6) is 0 Å². The van der Waals surface area contributed by atoms with E-state index in [1.54, 1.807) is 0 Å². The van der Waals surface area contributed by atoms with E-state index in [1.807, 2.05) is 0 Å². The molecule has 0 atom stereocenters. The number of carbonyl (C=O) groups is 1. The molecule has 0 aromatic carbocycles. The molecule has 0 radical (unpaired) electrons. The van der Waals surface area contributed by atoms with Gasteiger partial charge in [0.05, 0.1) is 0 Å². The van der Waals surface area contributed by atoms with E-state index in [1.165, 1.54) is 12.3 Å². The Morgan fingerprint density at radius 3 is 3.08 bits per heavy atom. The van der Waals surface area contributed by atoms with Gasteiger partial charge in [0, 0.05) is 12.3 Å². The Labute approximate surface area is 74.2 Å². The fourth-order valence-electron chi connectivity index (χ4n) is 0.683. The maximum absolute atomic E-state index is 12.5. The second-order valence-electron chi connectivity index (χ2n) is 2.23. The van der Waals surface area contributed by atoms with Crippen LogP contribution in [0.3, 0.4) is 0 Å². The summed E-state index contributed by atoms with van der Waals surface area (Å²) in [5.74, 6) is 3.34. The van der Waals surface area contributed by atoms with Gasteiger partial charge in [0.15, 0.2) is 0 Å². The molecule has 0 aliphatic rings. The van der Waals surface area contributed by atoms with Gasteiger partial charge < -0.3 is 5.11 Å². The number of hydrogen-bond donors (Lipinski definition) is 1. The maximum Gasteiger partial charge on any atom is 0.315 e. The first-order chi connectivity index (χ1) is 6.18. The van der Waals surface area contributed by atoms with Crippen LogP contribution in [-0.2, 0) is 4.79 Å². The van der Waals surface area contributed by atoms with Gasteiger partial charge in [0.1, 0.15) is 17.9 Å². The van der Waals surface area contributed by atoms with Crippen molar-refractivity contribution in [3.8, 4) is 11.8 Å². The fourth-order valence-corrected chi connectivity index (χ4v) is 0.683. The van der Waals surface area contributed by atoms with Crippen molar-refractivity contribution in [3.63, 3.8) is 0 Å². The highest BCUT2D eigenvalue weighted by atomic mass is 19.1. The average molecular weight is 179 g/mol. The van der Waals surface area contributed by atoms with E-state index in [0.717, 1.165) is 6.07 Å². The number of rotatable bonds is 1. The topological polar surface area (TPSA) is 50.2 Å². The van der Waals surface area contributed by atoms with Gasteiger partial charge in [-0.15, -0.1) is 0 Å². The molecule has 0 amide bonds. The van der Waals surface area contributed by atoms with E-state index in [9.17, 15) is 9.18 Å². The molecule has 66 valence electrons. The smallest absolute Gasteiger partial charge is 0.315 e. The SMILES string of the molecule is O=C(O)CC#Cc1cc(F)ccn1. The van der Waals surface area contributed by atoms with Crippen LogP contribution < -0.4 is 0 Å². The minimum Gasteiger partial charge on any atom is -0.481 e. The zero-order valence-corrected chi connectivity index (χ0v) is 6.62. The first-order valence-corrected chi connectivity index (χ1v) is 3.50. The van der Waals surface area contributed by atoms with E-state index in [-0.39, 0.29) is 12.1 Å². The van der Waals surface area contributed by atoms with Crippen LogP contribution in [-0.4, -0.2) is 16.1 Å². The Bertz CT molecular complexity index is 379. The van der Waals surface area contributed by atoms with Gasteiger partial charge in [-0.1, -0.05) is 5.92 Å². The lowest BCUT2D eigenvalue weighted by Gasteiger charge is -1.88. The number of aliphatic carboxylic acids is 1. The van der Waals surface area contributed by atoms with Crippen LogP contribution in [0.2, 0.25) is 0 Å². The maximum atomic E-state index is 12.5. The lowest BCUT2D eigenvalue weighted by atomic mass is 10.3. The normalized spacial score (nSPS) is 8.69. The molecule has 1 N–H and O–H groups in total. The third-order valence-electron chi connectivity index (χ3n) is 1.18. The van der Waals surface area contributed by atoms with Crippen molar-refractivity contribution in [2.45, 2.75) is 6.42 Å². The predicted octanol–water partition coefficient (Wildman–Crippen LogP) is 1.05. The average Bonchev–Trinajstić information content (AvgIpc) is 2.03. The standard InChI is InChI=1S/C9H6FNO2/c10-7-4-5-11-8(6-7)2-1-3-9(12)13/h4-6H,3H2,(H,12,13). The molecule has 13 heavy (non-hydrogen) atoms. The quantitative estimate of drug-likeness (QED) is 0.655. The van der Waals surface area contributed by atoms with Crippen LogP contribution in [0, 0.1) is 17.7 Å². The molecule has 0 bridgehead atoms. The minimum atomic E-state index is -1.01. The van der Waals surface area contributed by atoms with Gasteiger partial charge in [0.2, 0.25) is 0 Å². The Morgan fingerprint density at radius 2 is 2.46 bits per heavy atom. The Kier molecular flexibility index (Phi) is 2.98. The van der Waals surface area contributed by atoms with Crippen molar-refractivity contribution < 1.29 is 14.3 Å². The molecular weight excluding hydrogens is 173 g/mol. The number of pyridine rings is 1. The summed E-state index contributed by atoms with van der Waals surface area (Å²) in [7, 11) is 0. The summed E-state index contributed by atoms with van der Waals surface area (Å²) in [6.45, 7) is 0. The molecule has 0 saturated carbocycles. The number of carboxylic acids is 1. The van der Waals surface area contributed by atoms with Gasteiger partial charge in [0.25, 0.3) is 0 Å². The molecule has 3 nitrogen and oxygen atoms in total. The monoisotopic (exact) mass is 179 g/mol. The summed E-state index contributed by atoms with van der Waals surface area (Å²) in [5, 5.41) is 8.25. The number of hydrogen-bond acceptors (Lipinski definition) is 2. The van der Waals surface area contributed by atoms with Crippen molar-refractivity contribution in [3.05, 3.63) is 29.8 Å². The molecule has 0 unspecified atom stereocenters. The molecule has 1 heterocycles. The van der Waals surface area contributed by atoms with E-state index >= 15 is 0 Å². The van der Waals surface area contributed by atoms with Crippen molar-refractivity contribution in [1.29, 1.82) is 0 Å². The Morgan fingerprint density at radius 1 is 1.69 bits per heavy atom. The third kappa shape index (κ3) is 3.34. The highest BCUT2D eigenvalue weighted by Crippen LogP contribution is 1.97. The molecule has 0 aliphatic carbocycles. The number of aromatic nitrogens is 1. The molecule has 1 aromatic heterocycles. The molecule has 4 heteroatoms. The number of nitrogens with zero attached hydrogens (tertiary/aromatic N) is 1. The lowest BCUT2D eigenvalue weighted by molar-refractivity contribution is -0.135. The number of carboxylic acid groups (broad SMARTS) is 1. The minimum absolute atomic E-state index is 0.237. The van der Waals surface area contributed by atoms with Gasteiger partial charge in [-0.2, -0.15) is 0 Å². The van der Waals surface area contributed by atoms with Crippen molar-refractivity contribution in [1.82, 2.24) is 4.98 Å². The fraction of sp³-hybridized carbons (Fsp3) is 0.111. The van der Waals surface area contributed by atoms with Crippen molar-refractivity contribution >= 4 is 5.97 Å². The van der Waals surface area contributed by atoms with E-state index in [0.29, 0.717) is 0 Å². The van der Waals surface area contributed by atoms with E-state index in [2.05, 4.69) is 16.8 Å². The third-order valence-corrected chi connectivity index (χ3v) is 1.18. The van der Waals surface area contributed by atoms with Crippen molar-refractivity contribution in [2.24, 2.45) is 0 Å². The molecule has 0 fully saturated rings. The van der Waals surface area contributed by atoms with Crippen molar-refractivity contribution in [2.75, 3.05) is 0 Å². The van der Waals surface area contributed by atoms with Gasteiger partial charge in [-0.05, 0) is 12.0 Å². The predicted molar refractivity (Wildman–Crippen MR) is 43.3 cm³/mol. The van der Waals surface area contributed by atoms with Crippen LogP contribution in [0.25, 0.3) is 0 Å². The highest BCUT2D eigenvalue weighted by molar-refractivity contribution is 5.70. The van der Waals surface area contributed by atoms with Crippen LogP contribution >= 0.6 is 0 Å². The Hall–Kier alpha value is -1.89.